The summed E-state index contributed by atoms with van der Waals surface area (Å²) in [5.74, 6) is -0.607. The molecule has 64 heavy (non-hydrogen) atoms. The molecule has 0 bridgehead atoms. The van der Waals surface area contributed by atoms with Gasteiger partial charge in [-0.15, -0.1) is 0 Å². The van der Waals surface area contributed by atoms with Crippen molar-refractivity contribution in [2.45, 2.75) is 75.5 Å². The van der Waals surface area contributed by atoms with Crippen molar-refractivity contribution >= 4 is 57.5 Å². The van der Waals surface area contributed by atoms with Gasteiger partial charge in [-0.2, -0.15) is 0 Å². The Morgan fingerprint density at radius 2 is 1.36 bits per heavy atom. The van der Waals surface area contributed by atoms with Gasteiger partial charge in [-0.1, -0.05) is 18.2 Å². The van der Waals surface area contributed by atoms with Crippen LogP contribution in [-0.4, -0.2) is 130 Å². The minimum absolute atomic E-state index is 0.105. The predicted molar refractivity (Wildman–Crippen MR) is 244 cm³/mol. The fourth-order valence-corrected chi connectivity index (χ4v) is 10.8. The highest BCUT2D eigenvalue weighted by Crippen LogP contribution is 2.41. The van der Waals surface area contributed by atoms with Crippen LogP contribution < -0.4 is 25.2 Å². The third-order valence-corrected chi connectivity index (χ3v) is 14.5. The summed E-state index contributed by atoms with van der Waals surface area (Å²) < 4.78 is 8.30. The number of hydrogen-bond donors (Lipinski definition) is 2. The second-order valence-electron chi connectivity index (χ2n) is 18.2. The number of aromatic nitrogens is 3. The molecule has 1 saturated carbocycles. The number of rotatable bonds is 10. The number of benzene rings is 3. The number of piperazine rings is 1. The van der Waals surface area contributed by atoms with Crippen LogP contribution in [0.2, 0.25) is 0 Å². The number of nitrogens with one attached hydrogen (secondary N) is 2. The molecule has 6 aliphatic rings. The second-order valence-corrected chi connectivity index (χ2v) is 18.2. The van der Waals surface area contributed by atoms with E-state index in [9.17, 15) is 19.2 Å². The monoisotopic (exact) mass is 862 g/mol. The van der Waals surface area contributed by atoms with Crippen molar-refractivity contribution in [2.24, 2.45) is 0 Å². The second kappa shape index (κ2) is 16.7. The fraction of sp³-hybridized carbons (Fsp3) is 0.429. The molecule has 5 aromatic rings. The van der Waals surface area contributed by atoms with E-state index in [4.69, 9.17) is 9.72 Å². The lowest BCUT2D eigenvalue weighted by Gasteiger charge is -2.46. The molecule has 4 saturated heterocycles. The lowest BCUT2D eigenvalue weighted by molar-refractivity contribution is -0.136. The van der Waals surface area contributed by atoms with E-state index in [2.05, 4.69) is 88.4 Å². The highest BCUT2D eigenvalue weighted by molar-refractivity contribution is 6.23. The molecule has 15 nitrogen and oxygen atoms in total. The van der Waals surface area contributed by atoms with Gasteiger partial charge in [0.25, 0.3) is 11.8 Å². The van der Waals surface area contributed by atoms with Crippen LogP contribution in [0.5, 0.6) is 5.75 Å². The number of anilines is 4. The molecule has 4 amide bonds. The molecular formula is C49H54N10O5. The quantitative estimate of drug-likeness (QED) is 0.163. The van der Waals surface area contributed by atoms with Gasteiger partial charge in [0.05, 0.1) is 29.6 Å². The summed E-state index contributed by atoms with van der Waals surface area (Å²) >= 11 is 0. The zero-order chi connectivity index (χ0) is 43.5. The van der Waals surface area contributed by atoms with Crippen LogP contribution in [0.3, 0.4) is 0 Å². The third-order valence-electron chi connectivity index (χ3n) is 14.5. The Morgan fingerprint density at radius 1 is 0.672 bits per heavy atom. The van der Waals surface area contributed by atoms with Gasteiger partial charge in [-0.3, -0.25) is 34.3 Å². The van der Waals surface area contributed by atoms with Crippen molar-refractivity contribution < 1.29 is 23.9 Å². The molecule has 7 heterocycles. The number of hydrogen-bond acceptors (Lipinski definition) is 12. The summed E-state index contributed by atoms with van der Waals surface area (Å²) in [7, 11) is 1.71. The number of likely N-dealkylation sites (tertiary alicyclic amines) is 1. The SMILES string of the molecule is COc1cc(N2CCN(C3CCN(C4CCN(c5ccc6c(c5)C(=O)N(C5CCC(=O)NC5=O)C6=O)CC4)CC3)CC2)ccc1Nc1nccc(-c2cn(C3CC3)c3ccccc23)n1. The Bertz CT molecular complexity index is 2640. The molecule has 5 aliphatic heterocycles. The van der Waals surface area contributed by atoms with Gasteiger partial charge in [-0.05, 0) is 100 Å². The maximum absolute atomic E-state index is 13.4. The Labute approximate surface area is 372 Å². The first-order valence-electron chi connectivity index (χ1n) is 23.0. The Hall–Kier alpha value is -6.32. The van der Waals surface area contributed by atoms with E-state index in [0.717, 1.165) is 104 Å². The minimum Gasteiger partial charge on any atom is -0.494 e. The number of carbonyl (C=O) groups is 4. The number of ether oxygens (including phenoxy) is 1. The predicted octanol–water partition coefficient (Wildman–Crippen LogP) is 5.84. The smallest absolute Gasteiger partial charge is 0.262 e. The van der Waals surface area contributed by atoms with Crippen molar-refractivity contribution in [1.29, 1.82) is 0 Å². The number of para-hydroxylation sites is 1. The zero-order valence-electron chi connectivity index (χ0n) is 36.2. The molecule has 5 fully saturated rings. The molecule has 15 heteroatoms. The highest BCUT2D eigenvalue weighted by Gasteiger charge is 2.45. The van der Waals surface area contributed by atoms with E-state index >= 15 is 0 Å². The number of methoxy groups -OCH3 is 1. The number of imide groups is 2. The number of fused-ring (bicyclic) bond motifs is 2. The van der Waals surface area contributed by atoms with Crippen LogP contribution in [0.1, 0.15) is 78.1 Å². The maximum atomic E-state index is 13.4. The lowest BCUT2D eigenvalue weighted by Crippen LogP contribution is -2.55. The first kappa shape index (κ1) is 40.5. The molecule has 3 aromatic carbocycles. The Balaban J connectivity index is 0.656. The van der Waals surface area contributed by atoms with Gasteiger partial charge in [0.15, 0.2) is 0 Å². The van der Waals surface area contributed by atoms with Crippen molar-refractivity contribution in [1.82, 2.24) is 34.6 Å². The number of piperidine rings is 3. The molecule has 0 radical (unpaired) electrons. The summed E-state index contributed by atoms with van der Waals surface area (Å²) in [6, 6.07) is 23.1. The van der Waals surface area contributed by atoms with Crippen LogP contribution in [0.25, 0.3) is 22.2 Å². The molecular weight excluding hydrogens is 809 g/mol. The summed E-state index contributed by atoms with van der Waals surface area (Å²) in [5, 5.41) is 6.91. The third kappa shape index (κ3) is 7.53. The van der Waals surface area contributed by atoms with Crippen molar-refractivity contribution in [3.8, 4) is 17.0 Å². The van der Waals surface area contributed by atoms with E-state index < -0.39 is 23.8 Å². The lowest BCUT2D eigenvalue weighted by atomic mass is 9.96. The summed E-state index contributed by atoms with van der Waals surface area (Å²) in [6.07, 6.45) is 11.2. The summed E-state index contributed by atoms with van der Waals surface area (Å²) in [6.45, 7) is 7.94. The number of nitrogens with zero attached hydrogens (tertiary/aromatic N) is 8. The summed E-state index contributed by atoms with van der Waals surface area (Å²) in [5.41, 5.74) is 6.83. The molecule has 0 spiro atoms. The first-order chi connectivity index (χ1) is 31.3. The first-order valence-corrected chi connectivity index (χ1v) is 23.0. The maximum Gasteiger partial charge on any atom is 0.262 e. The number of carbonyl (C=O) groups excluding carboxylic acids is 4. The molecule has 2 N–H and O–H groups in total. The Kier molecular flexibility index (Phi) is 10.5. The van der Waals surface area contributed by atoms with E-state index in [1.54, 1.807) is 13.2 Å². The van der Waals surface area contributed by atoms with Crippen LogP contribution >= 0.6 is 0 Å². The van der Waals surface area contributed by atoms with E-state index in [0.29, 0.717) is 35.2 Å². The zero-order valence-corrected chi connectivity index (χ0v) is 36.2. The number of amides is 4. The van der Waals surface area contributed by atoms with Crippen LogP contribution in [-0.2, 0) is 9.59 Å². The Morgan fingerprint density at radius 3 is 2.11 bits per heavy atom. The van der Waals surface area contributed by atoms with Gasteiger partial charge in [0, 0.05) is 110 Å². The van der Waals surface area contributed by atoms with Crippen molar-refractivity contribution in [3.63, 3.8) is 0 Å². The molecule has 1 aliphatic carbocycles. The van der Waals surface area contributed by atoms with Crippen LogP contribution in [0.4, 0.5) is 23.0 Å². The molecule has 1 atom stereocenters. The molecule has 2 aromatic heterocycles. The fourth-order valence-electron chi connectivity index (χ4n) is 10.8. The topological polar surface area (TPSA) is 148 Å². The van der Waals surface area contributed by atoms with Crippen molar-refractivity contribution in [3.05, 3.63) is 90.3 Å². The van der Waals surface area contributed by atoms with Gasteiger partial charge in [0.2, 0.25) is 17.8 Å². The van der Waals surface area contributed by atoms with Crippen LogP contribution in [0, 0.1) is 0 Å². The van der Waals surface area contributed by atoms with E-state index in [1.165, 1.54) is 36.6 Å². The average Bonchev–Trinajstić information content (AvgIpc) is 4.06. The van der Waals surface area contributed by atoms with Gasteiger partial charge in [0.1, 0.15) is 11.8 Å². The molecule has 330 valence electrons. The van der Waals surface area contributed by atoms with Crippen molar-refractivity contribution in [2.75, 3.05) is 74.6 Å². The van der Waals surface area contributed by atoms with Gasteiger partial charge < -0.3 is 29.3 Å². The average molecular weight is 863 g/mol. The summed E-state index contributed by atoms with van der Waals surface area (Å²) in [4.78, 5) is 71.5. The normalized spacial score (nSPS) is 21.8. The van der Waals surface area contributed by atoms with Gasteiger partial charge in [-0.25, -0.2) is 9.97 Å². The van der Waals surface area contributed by atoms with Crippen LogP contribution in [0.15, 0.2) is 79.1 Å². The largest absolute Gasteiger partial charge is 0.494 e. The van der Waals surface area contributed by atoms with E-state index in [1.807, 2.05) is 24.4 Å². The van der Waals surface area contributed by atoms with E-state index in [-0.39, 0.29) is 18.7 Å². The molecule has 1 unspecified atom stereocenters. The highest BCUT2D eigenvalue weighted by atomic mass is 16.5. The molecule has 11 rings (SSSR count). The van der Waals surface area contributed by atoms with Gasteiger partial charge >= 0.3 is 0 Å². The minimum atomic E-state index is -0.959. The standard InChI is InChI=1S/C49H54N10O5/c1-64-44-29-35(9-11-41(44)52-49-50-19-14-40(51-49)39-30-58(33-6-7-33)42-5-3-2-4-36(39)42)57-26-24-56(25-27-57)32-15-20-54(21-16-32)31-17-22-55(23-18-31)34-8-10-37-38(28-34)48(63)59(47(37)62)43-12-13-45(60)53-46(43)61/h2-5,8-11,14,19,28-33,43H,6-7,12-13,15-18,20-27H2,1H3,(H,50,51,52)(H,53,60,61).